The number of likely N-dealkylation sites (N-methyl/N-ethyl adjacent to an activating group) is 1. The molecular weight excluding hydrogens is 250 g/mol. The van der Waals surface area contributed by atoms with E-state index in [2.05, 4.69) is 17.1 Å². The lowest BCUT2D eigenvalue weighted by Crippen LogP contribution is -2.37. The summed E-state index contributed by atoms with van der Waals surface area (Å²) in [5.74, 6) is 0.109. The van der Waals surface area contributed by atoms with Gasteiger partial charge in [-0.05, 0) is 45.1 Å². The Morgan fingerprint density at radius 2 is 1.90 bits per heavy atom. The minimum Gasteiger partial charge on any atom is -0.387 e. The SMILES string of the molecule is CCCN(CCN(C)C)C(=O)c1ccc(C)cc1NC. The Kier molecular flexibility index (Phi) is 6.52. The highest BCUT2D eigenvalue weighted by atomic mass is 16.2. The van der Waals surface area contributed by atoms with Crippen molar-refractivity contribution in [2.24, 2.45) is 0 Å². The molecule has 1 aromatic carbocycles. The third-order valence-electron chi connectivity index (χ3n) is 3.27. The topological polar surface area (TPSA) is 35.6 Å². The van der Waals surface area contributed by atoms with Crippen molar-refractivity contribution < 1.29 is 4.79 Å². The molecule has 0 heterocycles. The second-order valence-electron chi connectivity index (χ2n) is 5.39. The Morgan fingerprint density at radius 3 is 2.45 bits per heavy atom. The lowest BCUT2D eigenvalue weighted by molar-refractivity contribution is 0.0746. The molecule has 0 aliphatic carbocycles. The number of nitrogens with one attached hydrogen (secondary N) is 1. The predicted octanol–water partition coefficient (Wildman–Crippen LogP) is 2.45. The van der Waals surface area contributed by atoms with E-state index in [0.29, 0.717) is 0 Å². The zero-order valence-corrected chi connectivity index (χ0v) is 13.4. The Hall–Kier alpha value is -1.55. The monoisotopic (exact) mass is 277 g/mol. The maximum atomic E-state index is 12.7. The maximum absolute atomic E-state index is 12.7. The summed E-state index contributed by atoms with van der Waals surface area (Å²) < 4.78 is 0. The molecule has 0 radical (unpaired) electrons. The largest absolute Gasteiger partial charge is 0.387 e. The van der Waals surface area contributed by atoms with Gasteiger partial charge in [-0.1, -0.05) is 13.0 Å². The van der Waals surface area contributed by atoms with Crippen LogP contribution in [0.4, 0.5) is 5.69 Å². The second kappa shape index (κ2) is 7.90. The molecule has 1 rings (SSSR count). The number of nitrogens with zero attached hydrogens (tertiary/aromatic N) is 2. The van der Waals surface area contributed by atoms with Gasteiger partial charge in [-0.25, -0.2) is 0 Å². The predicted molar refractivity (Wildman–Crippen MR) is 85.5 cm³/mol. The first kappa shape index (κ1) is 16.5. The fourth-order valence-electron chi connectivity index (χ4n) is 2.13. The van der Waals surface area contributed by atoms with Crippen LogP contribution < -0.4 is 5.32 Å². The molecule has 4 nitrogen and oxygen atoms in total. The minimum atomic E-state index is 0.109. The lowest BCUT2D eigenvalue weighted by atomic mass is 10.1. The summed E-state index contributed by atoms with van der Waals surface area (Å²) in [5.41, 5.74) is 2.81. The maximum Gasteiger partial charge on any atom is 0.255 e. The number of benzene rings is 1. The molecule has 0 aliphatic rings. The molecule has 0 atom stereocenters. The molecule has 0 spiro atoms. The van der Waals surface area contributed by atoms with Gasteiger partial charge in [0.1, 0.15) is 0 Å². The molecular formula is C16H27N3O. The first-order chi connectivity index (χ1) is 9.49. The van der Waals surface area contributed by atoms with Crippen LogP contribution in [0.2, 0.25) is 0 Å². The Balaban J connectivity index is 2.93. The Bertz CT molecular complexity index is 443. The van der Waals surface area contributed by atoms with Crippen LogP contribution in [0.15, 0.2) is 18.2 Å². The quantitative estimate of drug-likeness (QED) is 0.831. The second-order valence-corrected chi connectivity index (χ2v) is 5.39. The number of hydrogen-bond acceptors (Lipinski definition) is 3. The van der Waals surface area contributed by atoms with Gasteiger partial charge in [-0.2, -0.15) is 0 Å². The van der Waals surface area contributed by atoms with Crippen molar-refractivity contribution in [2.45, 2.75) is 20.3 Å². The van der Waals surface area contributed by atoms with Crippen molar-refractivity contribution in [1.82, 2.24) is 9.80 Å². The molecule has 0 aliphatic heterocycles. The van der Waals surface area contributed by atoms with Crippen LogP contribution in [-0.2, 0) is 0 Å². The molecule has 112 valence electrons. The third-order valence-corrected chi connectivity index (χ3v) is 3.27. The highest BCUT2D eigenvalue weighted by Gasteiger charge is 2.18. The summed E-state index contributed by atoms with van der Waals surface area (Å²) in [4.78, 5) is 16.7. The van der Waals surface area contributed by atoms with E-state index in [-0.39, 0.29) is 5.91 Å². The van der Waals surface area contributed by atoms with Gasteiger partial charge in [0.05, 0.1) is 5.56 Å². The third kappa shape index (κ3) is 4.53. The molecule has 4 heteroatoms. The van der Waals surface area contributed by atoms with Gasteiger partial charge in [-0.15, -0.1) is 0 Å². The van der Waals surface area contributed by atoms with E-state index in [1.54, 1.807) is 0 Å². The number of carbonyl (C=O) groups is 1. The van der Waals surface area contributed by atoms with E-state index in [4.69, 9.17) is 0 Å². The van der Waals surface area contributed by atoms with E-state index >= 15 is 0 Å². The zero-order chi connectivity index (χ0) is 15.1. The first-order valence-electron chi connectivity index (χ1n) is 7.22. The fraction of sp³-hybridized carbons (Fsp3) is 0.562. The number of rotatable bonds is 7. The van der Waals surface area contributed by atoms with Gasteiger partial charge >= 0.3 is 0 Å². The van der Waals surface area contributed by atoms with Crippen molar-refractivity contribution in [3.8, 4) is 0 Å². The van der Waals surface area contributed by atoms with Gasteiger partial charge in [-0.3, -0.25) is 4.79 Å². The van der Waals surface area contributed by atoms with Gasteiger partial charge in [0, 0.05) is 32.4 Å². The fourth-order valence-corrected chi connectivity index (χ4v) is 2.13. The van der Waals surface area contributed by atoms with Gasteiger partial charge in [0.2, 0.25) is 0 Å². The zero-order valence-electron chi connectivity index (χ0n) is 13.4. The standard InChI is InChI=1S/C16H27N3O/c1-6-9-19(11-10-18(4)5)16(20)14-8-7-13(2)12-15(14)17-3/h7-8,12,17H,6,9-11H2,1-5H3. The summed E-state index contributed by atoms with van der Waals surface area (Å²) in [6, 6.07) is 5.93. The van der Waals surface area contributed by atoms with E-state index in [1.807, 2.05) is 51.2 Å². The average molecular weight is 277 g/mol. The van der Waals surface area contributed by atoms with E-state index in [0.717, 1.165) is 42.9 Å². The molecule has 1 amide bonds. The highest BCUT2D eigenvalue weighted by molar-refractivity contribution is 5.99. The molecule has 1 aromatic rings. The van der Waals surface area contributed by atoms with Crippen molar-refractivity contribution in [2.75, 3.05) is 46.1 Å². The molecule has 1 N–H and O–H groups in total. The molecule has 0 unspecified atom stereocenters. The number of carbonyl (C=O) groups excluding carboxylic acids is 1. The molecule has 0 fully saturated rings. The van der Waals surface area contributed by atoms with Crippen LogP contribution in [0, 0.1) is 6.92 Å². The van der Waals surface area contributed by atoms with Crippen LogP contribution in [0.1, 0.15) is 29.3 Å². The van der Waals surface area contributed by atoms with Crippen LogP contribution in [-0.4, -0.2) is 56.5 Å². The van der Waals surface area contributed by atoms with E-state index < -0.39 is 0 Å². The summed E-state index contributed by atoms with van der Waals surface area (Å²) in [6.07, 6.45) is 0.972. The van der Waals surface area contributed by atoms with Crippen LogP contribution in [0.3, 0.4) is 0 Å². The summed E-state index contributed by atoms with van der Waals surface area (Å²) in [6.45, 7) is 6.57. The van der Waals surface area contributed by atoms with Gasteiger partial charge < -0.3 is 15.1 Å². The number of hydrogen-bond donors (Lipinski definition) is 1. The van der Waals surface area contributed by atoms with Crippen molar-refractivity contribution in [3.63, 3.8) is 0 Å². The minimum absolute atomic E-state index is 0.109. The molecule has 20 heavy (non-hydrogen) atoms. The molecule has 0 bridgehead atoms. The van der Waals surface area contributed by atoms with E-state index in [1.165, 1.54) is 0 Å². The molecule has 0 aromatic heterocycles. The smallest absolute Gasteiger partial charge is 0.255 e. The number of aryl methyl sites for hydroxylation is 1. The number of anilines is 1. The van der Waals surface area contributed by atoms with Crippen LogP contribution >= 0.6 is 0 Å². The summed E-state index contributed by atoms with van der Waals surface area (Å²) >= 11 is 0. The highest BCUT2D eigenvalue weighted by Crippen LogP contribution is 2.19. The average Bonchev–Trinajstić information content (AvgIpc) is 2.42. The molecule has 0 saturated heterocycles. The summed E-state index contributed by atoms with van der Waals surface area (Å²) in [5, 5.41) is 3.12. The van der Waals surface area contributed by atoms with Gasteiger partial charge in [0.15, 0.2) is 0 Å². The Morgan fingerprint density at radius 1 is 1.20 bits per heavy atom. The van der Waals surface area contributed by atoms with Crippen LogP contribution in [0.5, 0.6) is 0 Å². The van der Waals surface area contributed by atoms with E-state index in [9.17, 15) is 4.79 Å². The summed E-state index contributed by atoms with van der Waals surface area (Å²) in [7, 11) is 5.91. The normalized spacial score (nSPS) is 10.7. The van der Waals surface area contributed by atoms with Crippen molar-refractivity contribution in [3.05, 3.63) is 29.3 Å². The van der Waals surface area contributed by atoms with Crippen LogP contribution in [0.25, 0.3) is 0 Å². The first-order valence-corrected chi connectivity index (χ1v) is 7.22. The van der Waals surface area contributed by atoms with Gasteiger partial charge in [0.25, 0.3) is 5.91 Å². The number of amides is 1. The van der Waals surface area contributed by atoms with Crippen molar-refractivity contribution in [1.29, 1.82) is 0 Å². The van der Waals surface area contributed by atoms with Crippen molar-refractivity contribution >= 4 is 11.6 Å². The molecule has 0 saturated carbocycles. The Labute approximate surface area is 122 Å². The lowest BCUT2D eigenvalue weighted by Gasteiger charge is -2.25.